The lowest BCUT2D eigenvalue weighted by Gasteiger charge is -2.28. The topological polar surface area (TPSA) is 0 Å². The normalized spacial score (nSPS) is 12.9. The number of hydrogen-bond donors (Lipinski definition) is 0. The number of benzene rings is 1. The van der Waals surface area contributed by atoms with E-state index >= 15 is 0 Å². The molecule has 0 N–H and O–H groups in total. The highest BCUT2D eigenvalue weighted by Crippen LogP contribution is 2.33. The first-order valence-electron chi connectivity index (χ1n) is 6.30. The number of aryl methyl sites for hydroxylation is 1. The zero-order chi connectivity index (χ0) is 12.6. The van der Waals surface area contributed by atoms with Crippen molar-refractivity contribution in [3.8, 4) is 0 Å². The van der Waals surface area contributed by atoms with E-state index in [0.29, 0.717) is 0 Å². The van der Waals surface area contributed by atoms with E-state index in [4.69, 9.17) is 0 Å². The lowest BCUT2D eigenvalue weighted by atomic mass is 9.76. The fourth-order valence-corrected chi connectivity index (χ4v) is 2.01. The maximum Gasteiger partial charge on any atom is -0.0103 e. The van der Waals surface area contributed by atoms with Gasteiger partial charge in [-0.1, -0.05) is 59.7 Å². The fourth-order valence-electron chi connectivity index (χ4n) is 2.01. The van der Waals surface area contributed by atoms with Crippen molar-refractivity contribution in [3.63, 3.8) is 0 Å². The first-order valence-corrected chi connectivity index (χ1v) is 6.30. The molecule has 0 saturated carbocycles. The van der Waals surface area contributed by atoms with Crippen LogP contribution in [-0.2, 0) is 10.8 Å². The molecular formula is C16H26. The second kappa shape index (κ2) is 4.24. The summed E-state index contributed by atoms with van der Waals surface area (Å²) in [4.78, 5) is 0. The van der Waals surface area contributed by atoms with Crippen LogP contribution < -0.4 is 0 Å². The van der Waals surface area contributed by atoms with Gasteiger partial charge in [-0.15, -0.1) is 0 Å². The molecule has 90 valence electrons. The number of rotatable bonds is 2. The van der Waals surface area contributed by atoms with Crippen LogP contribution in [0.1, 0.15) is 64.7 Å². The van der Waals surface area contributed by atoms with Gasteiger partial charge in [-0.2, -0.15) is 0 Å². The Morgan fingerprint density at radius 1 is 1.00 bits per heavy atom. The molecule has 1 aromatic rings. The van der Waals surface area contributed by atoms with E-state index in [1.807, 2.05) is 0 Å². The van der Waals surface area contributed by atoms with Crippen molar-refractivity contribution < 1.29 is 0 Å². The zero-order valence-electron chi connectivity index (χ0n) is 11.9. The van der Waals surface area contributed by atoms with E-state index < -0.39 is 0 Å². The molecule has 0 heteroatoms. The predicted octanol–water partition coefficient (Wildman–Crippen LogP) is 4.98. The monoisotopic (exact) mass is 218 g/mol. The Labute approximate surface area is 101 Å². The third kappa shape index (κ3) is 2.66. The van der Waals surface area contributed by atoms with Gasteiger partial charge >= 0.3 is 0 Å². The van der Waals surface area contributed by atoms with Gasteiger partial charge in [0.1, 0.15) is 0 Å². The van der Waals surface area contributed by atoms with E-state index in [9.17, 15) is 0 Å². The lowest BCUT2D eigenvalue weighted by molar-refractivity contribution is 0.499. The van der Waals surface area contributed by atoms with Gasteiger partial charge in [-0.05, 0) is 40.9 Å². The van der Waals surface area contributed by atoms with Crippen molar-refractivity contribution in [3.05, 3.63) is 34.9 Å². The van der Waals surface area contributed by atoms with Crippen LogP contribution in [0.25, 0.3) is 0 Å². The Morgan fingerprint density at radius 2 is 1.56 bits per heavy atom. The van der Waals surface area contributed by atoms with Crippen LogP contribution in [0.4, 0.5) is 0 Å². The third-order valence-electron chi connectivity index (χ3n) is 3.72. The minimum Gasteiger partial charge on any atom is -0.0646 e. The van der Waals surface area contributed by atoms with Gasteiger partial charge < -0.3 is 0 Å². The molecule has 0 atom stereocenters. The molecule has 0 aliphatic carbocycles. The van der Waals surface area contributed by atoms with Crippen molar-refractivity contribution in [1.29, 1.82) is 0 Å². The maximum absolute atomic E-state index is 2.40. The van der Waals surface area contributed by atoms with E-state index in [0.717, 1.165) is 0 Å². The van der Waals surface area contributed by atoms with E-state index in [2.05, 4.69) is 66.7 Å². The average molecular weight is 218 g/mol. The highest BCUT2D eigenvalue weighted by atomic mass is 14.3. The standard InChI is InChI=1S/C16H26/c1-8-16(6,7)14-11-13(15(3,4)5)10-9-12(14)2/h9-11H,8H2,1-7H3. The van der Waals surface area contributed by atoms with Crippen molar-refractivity contribution in [2.24, 2.45) is 0 Å². The second-order valence-electron chi connectivity index (χ2n) is 6.52. The summed E-state index contributed by atoms with van der Waals surface area (Å²) in [5.41, 5.74) is 4.88. The summed E-state index contributed by atoms with van der Waals surface area (Å²) in [7, 11) is 0. The summed E-state index contributed by atoms with van der Waals surface area (Å²) >= 11 is 0. The van der Waals surface area contributed by atoms with Crippen LogP contribution in [0.2, 0.25) is 0 Å². The van der Waals surface area contributed by atoms with Gasteiger partial charge in [0.15, 0.2) is 0 Å². The molecule has 0 aromatic heterocycles. The molecule has 0 aliphatic heterocycles. The smallest absolute Gasteiger partial charge is 0.0103 e. The molecule has 0 fully saturated rings. The van der Waals surface area contributed by atoms with Gasteiger partial charge in [0, 0.05) is 0 Å². The SMILES string of the molecule is CCC(C)(C)c1cc(C(C)(C)C)ccc1C. The van der Waals surface area contributed by atoms with Crippen LogP contribution in [0, 0.1) is 6.92 Å². The fraction of sp³-hybridized carbons (Fsp3) is 0.625. The summed E-state index contributed by atoms with van der Waals surface area (Å²) in [5.74, 6) is 0. The first kappa shape index (κ1) is 13.3. The molecule has 0 saturated heterocycles. The van der Waals surface area contributed by atoms with Crippen molar-refractivity contribution in [1.82, 2.24) is 0 Å². The third-order valence-corrected chi connectivity index (χ3v) is 3.72. The molecule has 16 heavy (non-hydrogen) atoms. The highest BCUT2D eigenvalue weighted by molar-refractivity contribution is 5.38. The van der Waals surface area contributed by atoms with E-state index in [1.54, 1.807) is 0 Å². The Balaban J connectivity index is 3.30. The summed E-state index contributed by atoms with van der Waals surface area (Å²) in [5, 5.41) is 0. The van der Waals surface area contributed by atoms with Gasteiger partial charge in [-0.25, -0.2) is 0 Å². The van der Waals surface area contributed by atoms with Gasteiger partial charge in [0.25, 0.3) is 0 Å². The summed E-state index contributed by atoms with van der Waals surface area (Å²) in [6, 6.07) is 6.94. The average Bonchev–Trinajstić information content (AvgIpc) is 2.16. The lowest BCUT2D eigenvalue weighted by Crippen LogP contribution is -2.19. The highest BCUT2D eigenvalue weighted by Gasteiger charge is 2.22. The van der Waals surface area contributed by atoms with Gasteiger partial charge in [0.2, 0.25) is 0 Å². The minimum absolute atomic E-state index is 0.242. The van der Waals surface area contributed by atoms with Crippen LogP contribution in [-0.4, -0.2) is 0 Å². The molecule has 0 unspecified atom stereocenters. The molecule has 0 aliphatic rings. The van der Waals surface area contributed by atoms with Crippen molar-refractivity contribution in [2.75, 3.05) is 0 Å². The zero-order valence-corrected chi connectivity index (χ0v) is 11.9. The van der Waals surface area contributed by atoms with Crippen molar-refractivity contribution >= 4 is 0 Å². The van der Waals surface area contributed by atoms with Crippen LogP contribution in [0.3, 0.4) is 0 Å². The molecule has 0 radical (unpaired) electrons. The summed E-state index contributed by atoms with van der Waals surface area (Å²) in [6.45, 7) is 16.0. The summed E-state index contributed by atoms with van der Waals surface area (Å²) in [6.07, 6.45) is 1.18. The first-order chi connectivity index (χ1) is 7.18. The molecule has 0 bridgehead atoms. The molecule has 0 amide bonds. The Kier molecular flexibility index (Phi) is 3.52. The molecular weight excluding hydrogens is 192 g/mol. The molecule has 1 rings (SSSR count). The second-order valence-corrected chi connectivity index (χ2v) is 6.52. The van der Waals surface area contributed by atoms with Crippen molar-refractivity contribution in [2.45, 2.75) is 65.7 Å². The largest absolute Gasteiger partial charge is 0.0646 e. The molecule has 0 spiro atoms. The molecule has 0 nitrogen and oxygen atoms in total. The van der Waals surface area contributed by atoms with Gasteiger partial charge in [0.05, 0.1) is 0 Å². The molecule has 0 heterocycles. The predicted molar refractivity (Wildman–Crippen MR) is 73.2 cm³/mol. The summed E-state index contributed by atoms with van der Waals surface area (Å²) < 4.78 is 0. The number of hydrogen-bond acceptors (Lipinski definition) is 0. The van der Waals surface area contributed by atoms with Crippen LogP contribution in [0.15, 0.2) is 18.2 Å². The minimum atomic E-state index is 0.242. The Bertz CT molecular complexity index is 364. The maximum atomic E-state index is 2.40. The van der Waals surface area contributed by atoms with Crippen LogP contribution >= 0.6 is 0 Å². The quantitative estimate of drug-likeness (QED) is 0.656. The van der Waals surface area contributed by atoms with E-state index in [1.165, 1.54) is 23.1 Å². The Morgan fingerprint density at radius 3 is 2.00 bits per heavy atom. The van der Waals surface area contributed by atoms with Gasteiger partial charge in [-0.3, -0.25) is 0 Å². The van der Waals surface area contributed by atoms with E-state index in [-0.39, 0.29) is 10.8 Å². The van der Waals surface area contributed by atoms with Crippen LogP contribution in [0.5, 0.6) is 0 Å². The Hall–Kier alpha value is -0.780. The molecule has 1 aromatic carbocycles.